The Balaban J connectivity index is 3.07. The van der Waals surface area contributed by atoms with Gasteiger partial charge in [0, 0.05) is 30.2 Å². The summed E-state index contributed by atoms with van der Waals surface area (Å²) in [6, 6.07) is 0. The van der Waals surface area contributed by atoms with E-state index in [0.29, 0.717) is 18.8 Å². The molecule has 104 valence electrons. The van der Waals surface area contributed by atoms with Gasteiger partial charge in [0.1, 0.15) is 5.82 Å². The average Bonchev–Trinajstić information content (AvgIpc) is 2.56. The maximum absolute atomic E-state index is 11.4. The lowest BCUT2D eigenvalue weighted by atomic mass is 10.2. The number of likely N-dealkylation sites (N-methyl/N-ethyl adjacent to an activating group) is 1. The van der Waals surface area contributed by atoms with E-state index in [2.05, 4.69) is 10.2 Å². The predicted octanol–water partition coefficient (Wildman–Crippen LogP) is 0.966. The molecule has 1 heterocycles. The van der Waals surface area contributed by atoms with Gasteiger partial charge in [0.15, 0.2) is 0 Å². The number of hydrogen-bond donors (Lipinski definition) is 0. The molecule has 0 fully saturated rings. The first-order valence-corrected chi connectivity index (χ1v) is 8.04. The van der Waals surface area contributed by atoms with Crippen LogP contribution in [0, 0.1) is 5.92 Å². The van der Waals surface area contributed by atoms with Crippen molar-refractivity contribution in [3.63, 3.8) is 0 Å². The summed E-state index contributed by atoms with van der Waals surface area (Å²) in [5, 5.41) is 7.46. The van der Waals surface area contributed by atoms with Gasteiger partial charge in [0.2, 0.25) is 0 Å². The predicted molar refractivity (Wildman–Crippen MR) is 70.2 cm³/mol. The molecule has 0 saturated heterocycles. The van der Waals surface area contributed by atoms with E-state index in [4.69, 9.17) is 10.7 Å². The first-order valence-electron chi connectivity index (χ1n) is 5.73. The van der Waals surface area contributed by atoms with E-state index < -0.39 is 9.05 Å². The third kappa shape index (κ3) is 4.22. The molecular formula is C10H19ClN4O2S. The molecule has 0 atom stereocenters. The van der Waals surface area contributed by atoms with Gasteiger partial charge in [-0.1, -0.05) is 13.8 Å². The van der Waals surface area contributed by atoms with Crippen LogP contribution in [0.5, 0.6) is 0 Å². The lowest BCUT2D eigenvalue weighted by Gasteiger charge is -2.13. The molecule has 8 heteroatoms. The molecule has 1 aromatic heterocycles. The van der Waals surface area contributed by atoms with Crippen LogP contribution in [0.25, 0.3) is 0 Å². The number of halogens is 1. The molecule has 0 N–H and O–H groups in total. The summed E-state index contributed by atoms with van der Waals surface area (Å²) in [5.74, 6) is 0.938. The number of hydrogen-bond acceptors (Lipinski definition) is 5. The van der Waals surface area contributed by atoms with E-state index in [9.17, 15) is 8.42 Å². The van der Waals surface area contributed by atoms with Gasteiger partial charge in [0.05, 0.1) is 0 Å². The number of aromatic nitrogens is 3. The first-order chi connectivity index (χ1) is 8.21. The monoisotopic (exact) mass is 294 g/mol. The van der Waals surface area contributed by atoms with Crippen LogP contribution in [-0.4, -0.2) is 48.7 Å². The topological polar surface area (TPSA) is 68.1 Å². The van der Waals surface area contributed by atoms with Gasteiger partial charge in [-0.2, -0.15) is 0 Å². The fourth-order valence-corrected chi connectivity index (χ4v) is 2.48. The van der Waals surface area contributed by atoms with E-state index >= 15 is 0 Å². The van der Waals surface area contributed by atoms with Crippen LogP contribution in [0.2, 0.25) is 0 Å². The van der Waals surface area contributed by atoms with Gasteiger partial charge in [-0.15, -0.1) is 10.2 Å². The zero-order chi connectivity index (χ0) is 13.9. The van der Waals surface area contributed by atoms with Crippen molar-refractivity contribution in [1.82, 2.24) is 19.7 Å². The van der Waals surface area contributed by atoms with Crippen LogP contribution in [0.1, 0.15) is 19.7 Å². The van der Waals surface area contributed by atoms with Crippen molar-refractivity contribution in [2.75, 3.05) is 20.6 Å². The molecule has 0 aliphatic rings. The largest absolute Gasteiger partial charge is 0.309 e. The third-order valence-corrected chi connectivity index (χ3v) is 3.49. The van der Waals surface area contributed by atoms with Crippen molar-refractivity contribution in [3.8, 4) is 0 Å². The van der Waals surface area contributed by atoms with Crippen LogP contribution in [0.4, 0.5) is 0 Å². The van der Waals surface area contributed by atoms with Crippen LogP contribution in [0.3, 0.4) is 0 Å². The maximum atomic E-state index is 11.4. The van der Waals surface area contributed by atoms with E-state index in [1.807, 2.05) is 32.8 Å². The minimum absolute atomic E-state index is 0.161. The highest BCUT2D eigenvalue weighted by atomic mass is 35.7. The van der Waals surface area contributed by atoms with Gasteiger partial charge in [-0.05, 0) is 20.0 Å². The van der Waals surface area contributed by atoms with Gasteiger partial charge in [-0.3, -0.25) is 0 Å². The summed E-state index contributed by atoms with van der Waals surface area (Å²) in [7, 11) is 5.41. The second-order valence-electron chi connectivity index (χ2n) is 4.89. The van der Waals surface area contributed by atoms with Gasteiger partial charge < -0.3 is 9.47 Å². The third-order valence-electron chi connectivity index (χ3n) is 2.34. The normalized spacial score (nSPS) is 12.6. The standard InChI is InChI=1S/C10H19ClN4O2S/c1-8(2)7-15-9(5-6-14(3)4)12-13-10(15)18(11,16)17/h8H,5-7H2,1-4H3. The Morgan fingerprint density at radius 2 is 1.94 bits per heavy atom. The summed E-state index contributed by atoms with van der Waals surface area (Å²) in [5.41, 5.74) is 0. The Hall–Kier alpha value is -0.660. The Morgan fingerprint density at radius 1 is 1.33 bits per heavy atom. The van der Waals surface area contributed by atoms with E-state index in [1.165, 1.54) is 0 Å². The molecule has 0 unspecified atom stereocenters. The summed E-state index contributed by atoms with van der Waals surface area (Å²) in [6.45, 7) is 5.32. The smallest absolute Gasteiger partial charge is 0.296 e. The van der Waals surface area contributed by atoms with E-state index in [1.54, 1.807) is 4.57 Å². The second-order valence-corrected chi connectivity index (χ2v) is 7.35. The van der Waals surface area contributed by atoms with Gasteiger partial charge in [0.25, 0.3) is 14.2 Å². The van der Waals surface area contributed by atoms with Crippen molar-refractivity contribution < 1.29 is 8.42 Å². The second kappa shape index (κ2) is 5.99. The lowest BCUT2D eigenvalue weighted by Crippen LogP contribution is -2.19. The molecule has 0 spiro atoms. The molecule has 0 aliphatic carbocycles. The quantitative estimate of drug-likeness (QED) is 0.731. The summed E-state index contributed by atoms with van der Waals surface area (Å²) in [4.78, 5) is 2.00. The number of nitrogens with zero attached hydrogens (tertiary/aromatic N) is 4. The van der Waals surface area contributed by atoms with Gasteiger partial charge in [-0.25, -0.2) is 8.42 Å². The highest BCUT2D eigenvalue weighted by molar-refractivity contribution is 8.13. The van der Waals surface area contributed by atoms with Crippen molar-refractivity contribution in [1.29, 1.82) is 0 Å². The van der Waals surface area contributed by atoms with Crippen LogP contribution in [-0.2, 0) is 22.0 Å². The van der Waals surface area contributed by atoms with Crippen LogP contribution >= 0.6 is 10.7 Å². The molecule has 6 nitrogen and oxygen atoms in total. The average molecular weight is 295 g/mol. The lowest BCUT2D eigenvalue weighted by molar-refractivity contribution is 0.398. The van der Waals surface area contributed by atoms with Crippen LogP contribution in [0.15, 0.2) is 5.16 Å². The maximum Gasteiger partial charge on any atom is 0.296 e. The highest BCUT2D eigenvalue weighted by Gasteiger charge is 2.22. The van der Waals surface area contributed by atoms with Crippen molar-refractivity contribution in [2.24, 2.45) is 5.92 Å². The number of rotatable bonds is 6. The minimum Gasteiger partial charge on any atom is -0.309 e. The molecule has 0 aromatic carbocycles. The molecule has 0 bridgehead atoms. The molecule has 0 aliphatic heterocycles. The van der Waals surface area contributed by atoms with E-state index in [0.717, 1.165) is 6.54 Å². The summed E-state index contributed by atoms with van der Waals surface area (Å²) < 4.78 is 24.4. The van der Waals surface area contributed by atoms with Crippen molar-refractivity contribution >= 4 is 19.7 Å². The SMILES string of the molecule is CC(C)Cn1c(CCN(C)C)nnc1S(=O)(=O)Cl. The Kier molecular flexibility index (Phi) is 5.12. The minimum atomic E-state index is -3.85. The van der Waals surface area contributed by atoms with Crippen molar-refractivity contribution in [2.45, 2.75) is 32.0 Å². The molecule has 0 saturated carbocycles. The molecular weight excluding hydrogens is 276 g/mol. The molecule has 1 rings (SSSR count). The Bertz CT molecular complexity index is 496. The molecule has 0 radical (unpaired) electrons. The zero-order valence-electron chi connectivity index (χ0n) is 11.1. The highest BCUT2D eigenvalue weighted by Crippen LogP contribution is 2.16. The summed E-state index contributed by atoms with van der Waals surface area (Å²) in [6.07, 6.45) is 0.638. The van der Waals surface area contributed by atoms with E-state index in [-0.39, 0.29) is 11.1 Å². The zero-order valence-corrected chi connectivity index (χ0v) is 12.7. The Labute approximate surface area is 112 Å². The first kappa shape index (κ1) is 15.4. The van der Waals surface area contributed by atoms with Gasteiger partial charge >= 0.3 is 0 Å². The fraction of sp³-hybridized carbons (Fsp3) is 0.800. The summed E-state index contributed by atoms with van der Waals surface area (Å²) >= 11 is 0. The molecule has 18 heavy (non-hydrogen) atoms. The van der Waals surface area contributed by atoms with Crippen molar-refractivity contribution in [3.05, 3.63) is 5.82 Å². The Morgan fingerprint density at radius 3 is 2.39 bits per heavy atom. The van der Waals surface area contributed by atoms with Crippen LogP contribution < -0.4 is 0 Å². The molecule has 1 aromatic rings. The fourth-order valence-electron chi connectivity index (χ4n) is 1.56. The molecule has 0 amide bonds.